The maximum absolute atomic E-state index is 12.9. The number of carbonyl (C=O) groups excluding carboxylic acids is 2. The zero-order valence-corrected chi connectivity index (χ0v) is 15.9. The summed E-state index contributed by atoms with van der Waals surface area (Å²) in [5, 5.41) is 2.91. The monoisotopic (exact) mass is 365 g/mol. The maximum Gasteiger partial charge on any atom is 0.255 e. The molecule has 0 aliphatic carbocycles. The molecular formula is C22H27N3O2. The smallest absolute Gasteiger partial charge is 0.255 e. The van der Waals surface area contributed by atoms with Gasteiger partial charge in [-0.15, -0.1) is 0 Å². The number of rotatable bonds is 6. The lowest BCUT2D eigenvalue weighted by Crippen LogP contribution is -2.43. The molecular weight excluding hydrogens is 338 g/mol. The summed E-state index contributed by atoms with van der Waals surface area (Å²) in [7, 11) is 0. The molecule has 1 aromatic heterocycles. The predicted molar refractivity (Wildman–Crippen MR) is 106 cm³/mol. The Kier molecular flexibility index (Phi) is 6.58. The fraction of sp³-hybridized carbons (Fsp3) is 0.409. The van der Waals surface area contributed by atoms with Crippen molar-refractivity contribution in [2.75, 3.05) is 13.1 Å². The Morgan fingerprint density at radius 3 is 2.70 bits per heavy atom. The van der Waals surface area contributed by atoms with Crippen molar-refractivity contribution in [3.05, 3.63) is 65.5 Å². The second-order valence-electron chi connectivity index (χ2n) is 7.01. The van der Waals surface area contributed by atoms with E-state index in [4.69, 9.17) is 0 Å². The normalized spacial score (nSPS) is 16.8. The van der Waals surface area contributed by atoms with Crippen LogP contribution in [0.5, 0.6) is 0 Å². The molecule has 142 valence electrons. The zero-order valence-electron chi connectivity index (χ0n) is 15.9. The summed E-state index contributed by atoms with van der Waals surface area (Å²) in [5.74, 6) is -0.216. The minimum Gasteiger partial charge on any atom is -0.352 e. The molecule has 3 rings (SSSR count). The van der Waals surface area contributed by atoms with Crippen molar-refractivity contribution in [1.29, 1.82) is 0 Å². The molecule has 1 atom stereocenters. The van der Waals surface area contributed by atoms with E-state index < -0.39 is 0 Å². The van der Waals surface area contributed by atoms with Gasteiger partial charge >= 0.3 is 0 Å². The Morgan fingerprint density at radius 2 is 1.93 bits per heavy atom. The van der Waals surface area contributed by atoms with Gasteiger partial charge in [-0.3, -0.25) is 14.6 Å². The molecule has 0 spiro atoms. The van der Waals surface area contributed by atoms with Crippen LogP contribution in [-0.4, -0.2) is 40.8 Å². The maximum atomic E-state index is 12.9. The van der Waals surface area contributed by atoms with Crippen molar-refractivity contribution in [2.24, 2.45) is 0 Å². The van der Waals surface area contributed by atoms with Crippen LogP contribution in [0.2, 0.25) is 0 Å². The number of carbonyl (C=O) groups is 2. The quantitative estimate of drug-likeness (QED) is 0.853. The predicted octanol–water partition coefficient (Wildman–Crippen LogP) is 3.46. The topological polar surface area (TPSA) is 62.3 Å². The SMILES string of the molecule is CCC1CCCCN1C(=O)c1cncc(C(=O)NCCc2ccccc2)c1. The number of nitrogens with one attached hydrogen (secondary N) is 1. The van der Waals surface area contributed by atoms with Gasteiger partial charge in [-0.2, -0.15) is 0 Å². The van der Waals surface area contributed by atoms with Crippen LogP contribution in [0.15, 0.2) is 48.8 Å². The van der Waals surface area contributed by atoms with Gasteiger partial charge in [0.1, 0.15) is 0 Å². The van der Waals surface area contributed by atoms with Crippen LogP contribution in [0.25, 0.3) is 0 Å². The molecule has 0 radical (unpaired) electrons. The number of hydrogen-bond donors (Lipinski definition) is 1. The van der Waals surface area contributed by atoms with Gasteiger partial charge in [0.15, 0.2) is 0 Å². The summed E-state index contributed by atoms with van der Waals surface area (Å²) in [6.07, 6.45) is 8.06. The van der Waals surface area contributed by atoms with E-state index in [9.17, 15) is 9.59 Å². The van der Waals surface area contributed by atoms with Crippen LogP contribution < -0.4 is 5.32 Å². The Bertz CT molecular complexity index is 776. The Labute approximate surface area is 160 Å². The molecule has 2 amide bonds. The molecule has 1 aliphatic heterocycles. The first-order valence-corrected chi connectivity index (χ1v) is 9.77. The summed E-state index contributed by atoms with van der Waals surface area (Å²) < 4.78 is 0. The summed E-state index contributed by atoms with van der Waals surface area (Å²) in [5.41, 5.74) is 2.10. The average Bonchev–Trinajstić information content (AvgIpc) is 2.74. The van der Waals surface area contributed by atoms with E-state index in [1.807, 2.05) is 35.2 Å². The van der Waals surface area contributed by atoms with E-state index >= 15 is 0 Å². The zero-order chi connectivity index (χ0) is 19.1. The van der Waals surface area contributed by atoms with Crippen LogP contribution in [0.4, 0.5) is 0 Å². The van der Waals surface area contributed by atoms with Crippen LogP contribution >= 0.6 is 0 Å². The van der Waals surface area contributed by atoms with E-state index in [1.54, 1.807) is 12.3 Å². The first-order valence-electron chi connectivity index (χ1n) is 9.77. The van der Waals surface area contributed by atoms with Crippen LogP contribution in [-0.2, 0) is 6.42 Å². The van der Waals surface area contributed by atoms with Crippen molar-refractivity contribution >= 4 is 11.8 Å². The van der Waals surface area contributed by atoms with Gasteiger partial charge in [-0.05, 0) is 43.7 Å². The number of hydrogen-bond acceptors (Lipinski definition) is 3. The molecule has 5 nitrogen and oxygen atoms in total. The van der Waals surface area contributed by atoms with Gasteiger partial charge in [-0.25, -0.2) is 0 Å². The van der Waals surface area contributed by atoms with Gasteiger partial charge in [0.25, 0.3) is 11.8 Å². The van der Waals surface area contributed by atoms with Crippen molar-refractivity contribution in [2.45, 2.75) is 45.1 Å². The summed E-state index contributed by atoms with van der Waals surface area (Å²) in [6, 6.07) is 12.0. The Balaban J connectivity index is 1.62. The molecule has 1 fully saturated rings. The minimum absolute atomic E-state index is 0.0204. The lowest BCUT2D eigenvalue weighted by molar-refractivity contribution is 0.0607. The third kappa shape index (κ3) is 4.94. The van der Waals surface area contributed by atoms with Crippen LogP contribution in [0.1, 0.15) is 58.9 Å². The van der Waals surface area contributed by atoms with E-state index in [0.29, 0.717) is 17.7 Å². The second-order valence-corrected chi connectivity index (χ2v) is 7.01. The standard InChI is InChI=1S/C22H27N3O2/c1-2-20-10-6-7-13-25(20)22(27)19-14-18(15-23-16-19)21(26)24-12-11-17-8-4-3-5-9-17/h3-5,8-9,14-16,20H,2,6-7,10-13H2,1H3,(H,24,26). The number of aromatic nitrogens is 1. The third-order valence-corrected chi connectivity index (χ3v) is 5.15. The summed E-state index contributed by atoms with van der Waals surface area (Å²) in [6.45, 7) is 3.45. The van der Waals surface area contributed by atoms with Crippen molar-refractivity contribution in [3.8, 4) is 0 Å². The highest BCUT2D eigenvalue weighted by molar-refractivity contribution is 5.99. The van der Waals surface area contributed by atoms with E-state index in [-0.39, 0.29) is 17.9 Å². The van der Waals surface area contributed by atoms with Gasteiger partial charge < -0.3 is 10.2 Å². The van der Waals surface area contributed by atoms with E-state index in [1.165, 1.54) is 18.2 Å². The number of nitrogens with zero attached hydrogens (tertiary/aromatic N) is 2. The molecule has 1 saturated heterocycles. The van der Waals surface area contributed by atoms with E-state index in [0.717, 1.165) is 32.2 Å². The van der Waals surface area contributed by atoms with Gasteiger partial charge in [0.05, 0.1) is 11.1 Å². The van der Waals surface area contributed by atoms with Gasteiger partial charge in [0.2, 0.25) is 0 Å². The third-order valence-electron chi connectivity index (χ3n) is 5.15. The first kappa shape index (κ1) is 19.1. The number of pyridine rings is 1. The number of piperidine rings is 1. The minimum atomic E-state index is -0.196. The Morgan fingerprint density at radius 1 is 1.15 bits per heavy atom. The molecule has 1 aromatic carbocycles. The highest BCUT2D eigenvalue weighted by atomic mass is 16.2. The second kappa shape index (κ2) is 9.31. The molecule has 0 bridgehead atoms. The molecule has 1 unspecified atom stereocenters. The molecule has 1 N–H and O–H groups in total. The van der Waals surface area contributed by atoms with E-state index in [2.05, 4.69) is 17.2 Å². The van der Waals surface area contributed by atoms with Crippen molar-refractivity contribution < 1.29 is 9.59 Å². The Hall–Kier alpha value is -2.69. The van der Waals surface area contributed by atoms with Gasteiger partial charge in [0, 0.05) is 31.5 Å². The number of likely N-dealkylation sites (tertiary alicyclic amines) is 1. The van der Waals surface area contributed by atoms with Crippen molar-refractivity contribution in [3.63, 3.8) is 0 Å². The lowest BCUT2D eigenvalue weighted by atomic mass is 9.99. The number of amides is 2. The highest BCUT2D eigenvalue weighted by Gasteiger charge is 2.26. The molecule has 2 heterocycles. The lowest BCUT2D eigenvalue weighted by Gasteiger charge is -2.35. The fourth-order valence-corrected chi connectivity index (χ4v) is 3.61. The van der Waals surface area contributed by atoms with Crippen LogP contribution in [0, 0.1) is 0 Å². The summed E-state index contributed by atoms with van der Waals surface area (Å²) in [4.78, 5) is 31.4. The molecule has 5 heteroatoms. The fourth-order valence-electron chi connectivity index (χ4n) is 3.61. The molecule has 0 saturated carbocycles. The summed E-state index contributed by atoms with van der Waals surface area (Å²) >= 11 is 0. The average molecular weight is 365 g/mol. The van der Waals surface area contributed by atoms with Crippen molar-refractivity contribution in [1.82, 2.24) is 15.2 Å². The molecule has 27 heavy (non-hydrogen) atoms. The van der Waals surface area contributed by atoms with Gasteiger partial charge in [-0.1, -0.05) is 37.3 Å². The number of benzene rings is 1. The molecule has 1 aliphatic rings. The van der Waals surface area contributed by atoms with Crippen LogP contribution in [0.3, 0.4) is 0 Å². The largest absolute Gasteiger partial charge is 0.352 e. The first-order chi connectivity index (χ1) is 13.2. The highest BCUT2D eigenvalue weighted by Crippen LogP contribution is 2.21. The molecule has 2 aromatic rings.